The molecule has 1 saturated heterocycles. The van der Waals surface area contributed by atoms with Crippen molar-refractivity contribution in [2.75, 3.05) is 19.6 Å². The van der Waals surface area contributed by atoms with Crippen molar-refractivity contribution in [2.45, 2.75) is 66.2 Å². The number of halogens is 2. The quantitative estimate of drug-likeness (QED) is 0.225. The Morgan fingerprint density at radius 2 is 1.75 bits per heavy atom. The van der Waals surface area contributed by atoms with Gasteiger partial charge in [-0.15, -0.1) is 0 Å². The summed E-state index contributed by atoms with van der Waals surface area (Å²) in [7, 11) is 0. The molecule has 1 heterocycles. The third-order valence-electron chi connectivity index (χ3n) is 6.01. The van der Waals surface area contributed by atoms with Gasteiger partial charge in [0.2, 0.25) is 0 Å². The highest BCUT2D eigenvalue weighted by Crippen LogP contribution is 2.32. The van der Waals surface area contributed by atoms with E-state index in [2.05, 4.69) is 38.0 Å². The molecule has 2 nitrogen and oxygen atoms in total. The predicted octanol–water partition coefficient (Wildman–Crippen LogP) is 8.15. The Morgan fingerprint density at radius 3 is 2.25 bits per heavy atom. The third-order valence-corrected chi connectivity index (χ3v) is 6.01. The van der Waals surface area contributed by atoms with Crippen LogP contribution in [-0.2, 0) is 0 Å². The lowest BCUT2D eigenvalue weighted by atomic mass is 9.80. The predicted molar refractivity (Wildman–Crippen MR) is 132 cm³/mol. The van der Waals surface area contributed by atoms with Crippen LogP contribution in [0.25, 0.3) is 0 Å². The summed E-state index contributed by atoms with van der Waals surface area (Å²) in [6.45, 7) is 19.1. The maximum atomic E-state index is 14.0. The monoisotopic (exact) mass is 442 g/mol. The van der Waals surface area contributed by atoms with Crippen LogP contribution < -0.4 is 0 Å². The topological polar surface area (TPSA) is 27.0 Å². The number of nitrogens with zero attached hydrogens (tertiary/aromatic N) is 2. The Morgan fingerprint density at radius 1 is 1.12 bits per heavy atom. The first-order valence-corrected chi connectivity index (χ1v) is 11.7. The zero-order chi connectivity index (χ0) is 24.1. The van der Waals surface area contributed by atoms with Crippen molar-refractivity contribution in [1.82, 2.24) is 4.90 Å². The van der Waals surface area contributed by atoms with Crippen LogP contribution in [0.5, 0.6) is 0 Å². The molecule has 0 bridgehead atoms. The van der Waals surface area contributed by atoms with Gasteiger partial charge in [-0.2, -0.15) is 5.26 Å². The van der Waals surface area contributed by atoms with Crippen molar-refractivity contribution in [1.29, 1.82) is 5.26 Å². The second kappa shape index (κ2) is 14.7. The lowest BCUT2D eigenvalue weighted by Crippen LogP contribution is -2.30. The smallest absolute Gasteiger partial charge is 0.154 e. The van der Waals surface area contributed by atoms with Crippen molar-refractivity contribution < 1.29 is 8.78 Å². The van der Waals surface area contributed by atoms with Crippen molar-refractivity contribution in [3.63, 3.8) is 0 Å². The molecule has 1 unspecified atom stereocenters. The summed E-state index contributed by atoms with van der Waals surface area (Å²) in [5.41, 5.74) is 3.55. The van der Waals surface area contributed by atoms with Crippen LogP contribution in [0.15, 0.2) is 71.4 Å². The van der Waals surface area contributed by atoms with E-state index in [9.17, 15) is 14.0 Å². The van der Waals surface area contributed by atoms with Gasteiger partial charge in [-0.3, -0.25) is 0 Å². The third kappa shape index (κ3) is 9.09. The van der Waals surface area contributed by atoms with Gasteiger partial charge in [0, 0.05) is 11.5 Å². The zero-order valence-corrected chi connectivity index (χ0v) is 20.4. The van der Waals surface area contributed by atoms with Crippen LogP contribution >= 0.6 is 0 Å². The highest BCUT2D eigenvalue weighted by Gasteiger charge is 2.21. The highest BCUT2D eigenvalue weighted by atomic mass is 19.2. The van der Waals surface area contributed by atoms with Crippen molar-refractivity contribution in [2.24, 2.45) is 11.8 Å². The summed E-state index contributed by atoms with van der Waals surface area (Å²) in [5.74, 6) is -0.575. The maximum Gasteiger partial charge on any atom is 0.154 e. The maximum absolute atomic E-state index is 14.0. The second-order valence-corrected chi connectivity index (χ2v) is 9.13. The molecule has 1 aliphatic heterocycles. The SMILES string of the molecule is C=C(C)C(C(=C)C)=C(C#N)C(C/C=C/C=C(CCCN1CCCCC1)\C(F)=C\F)C(C)C. The molecule has 1 atom stereocenters. The molecule has 0 spiro atoms. The number of rotatable bonds is 12. The Hall–Kier alpha value is -2.25. The molecule has 0 aromatic rings. The van der Waals surface area contributed by atoms with Gasteiger partial charge >= 0.3 is 0 Å². The van der Waals surface area contributed by atoms with Gasteiger partial charge in [0.25, 0.3) is 0 Å². The lowest BCUT2D eigenvalue weighted by molar-refractivity contribution is 0.226. The Kier molecular flexibility index (Phi) is 12.8. The molecule has 32 heavy (non-hydrogen) atoms. The standard InChI is InChI=1S/C28H40F2N2/c1-21(2)25(26(20-31)28(22(3)4)23(5)6)15-9-8-13-24(27(30)19-29)14-12-18-32-16-10-7-11-17-32/h8-9,13,19,21,25H,3,5,7,10-12,14-18H2,1-2,4,6H3/b9-8+,24-13-,27-19-. The molecule has 0 radical (unpaired) electrons. The molecule has 0 amide bonds. The normalized spacial score (nSPS) is 16.8. The number of nitriles is 1. The van der Waals surface area contributed by atoms with Crippen LogP contribution in [0, 0.1) is 23.2 Å². The average Bonchev–Trinajstić information content (AvgIpc) is 2.75. The summed E-state index contributed by atoms with van der Waals surface area (Å²) >= 11 is 0. The van der Waals surface area contributed by atoms with Gasteiger partial charge in [-0.1, -0.05) is 51.7 Å². The number of allylic oxidation sites excluding steroid dienone is 9. The summed E-state index contributed by atoms with van der Waals surface area (Å²) in [6.07, 6.45) is 11.1. The van der Waals surface area contributed by atoms with E-state index in [1.165, 1.54) is 19.3 Å². The van der Waals surface area contributed by atoms with Gasteiger partial charge in [0.05, 0.1) is 6.07 Å². The Balaban J connectivity index is 2.92. The molecule has 1 fully saturated rings. The molecule has 0 aliphatic carbocycles. The van der Waals surface area contributed by atoms with Crippen molar-refractivity contribution in [3.8, 4) is 6.07 Å². The molecular weight excluding hydrogens is 402 g/mol. The summed E-state index contributed by atoms with van der Waals surface area (Å²) in [6, 6.07) is 2.37. The molecule has 1 aliphatic rings. The fraction of sp³-hybridized carbons (Fsp3) is 0.536. The summed E-state index contributed by atoms with van der Waals surface area (Å²) in [5, 5.41) is 9.84. The molecule has 176 valence electrons. The fourth-order valence-electron chi connectivity index (χ4n) is 4.31. The van der Waals surface area contributed by atoms with E-state index in [0.29, 0.717) is 24.0 Å². The van der Waals surface area contributed by atoms with E-state index in [-0.39, 0.29) is 18.2 Å². The molecular formula is C28H40F2N2. The van der Waals surface area contributed by atoms with Gasteiger partial charge < -0.3 is 4.90 Å². The minimum absolute atomic E-state index is 0.00262. The molecule has 0 aromatic carbocycles. The van der Waals surface area contributed by atoms with E-state index in [4.69, 9.17) is 0 Å². The van der Waals surface area contributed by atoms with Gasteiger partial charge in [0.15, 0.2) is 5.83 Å². The van der Waals surface area contributed by atoms with Crippen LogP contribution in [0.1, 0.15) is 66.2 Å². The molecule has 0 aromatic heterocycles. The molecule has 1 rings (SSSR count). The van der Waals surface area contributed by atoms with Crippen molar-refractivity contribution in [3.05, 3.63) is 71.4 Å². The number of likely N-dealkylation sites (tertiary alicyclic amines) is 1. The second-order valence-electron chi connectivity index (χ2n) is 9.13. The fourth-order valence-corrected chi connectivity index (χ4v) is 4.31. The number of piperidine rings is 1. The highest BCUT2D eigenvalue weighted by molar-refractivity contribution is 5.51. The van der Waals surface area contributed by atoms with E-state index >= 15 is 0 Å². The van der Waals surface area contributed by atoms with Crippen LogP contribution in [0.4, 0.5) is 8.78 Å². The lowest BCUT2D eigenvalue weighted by Gasteiger charge is -2.26. The first kappa shape index (κ1) is 27.8. The number of hydrogen-bond acceptors (Lipinski definition) is 2. The minimum Gasteiger partial charge on any atom is -0.303 e. The Bertz CT molecular complexity index is 784. The average molecular weight is 443 g/mol. The van der Waals surface area contributed by atoms with E-state index in [0.717, 1.165) is 42.8 Å². The Labute approximate surface area is 194 Å². The van der Waals surface area contributed by atoms with Crippen LogP contribution in [0.3, 0.4) is 0 Å². The van der Waals surface area contributed by atoms with E-state index < -0.39 is 5.83 Å². The van der Waals surface area contributed by atoms with Crippen LogP contribution in [-0.4, -0.2) is 24.5 Å². The number of hydrogen-bond donors (Lipinski definition) is 0. The largest absolute Gasteiger partial charge is 0.303 e. The van der Waals surface area contributed by atoms with Gasteiger partial charge in [0.1, 0.15) is 6.33 Å². The minimum atomic E-state index is -0.807. The van der Waals surface area contributed by atoms with E-state index in [1.54, 1.807) is 12.2 Å². The molecule has 0 N–H and O–H groups in total. The van der Waals surface area contributed by atoms with Crippen LogP contribution in [0.2, 0.25) is 0 Å². The van der Waals surface area contributed by atoms with E-state index in [1.807, 2.05) is 19.9 Å². The zero-order valence-electron chi connectivity index (χ0n) is 20.4. The first-order chi connectivity index (χ1) is 15.2. The van der Waals surface area contributed by atoms with Gasteiger partial charge in [-0.25, -0.2) is 8.78 Å². The summed E-state index contributed by atoms with van der Waals surface area (Å²) < 4.78 is 26.9. The van der Waals surface area contributed by atoms with Gasteiger partial charge in [-0.05, 0) is 93.8 Å². The molecule has 4 heteroatoms. The first-order valence-electron chi connectivity index (χ1n) is 11.7. The van der Waals surface area contributed by atoms with Crippen molar-refractivity contribution >= 4 is 0 Å². The molecule has 0 saturated carbocycles. The summed E-state index contributed by atoms with van der Waals surface area (Å²) in [4.78, 5) is 2.40.